The molecule has 4 heteroatoms. The van der Waals surface area contributed by atoms with E-state index in [0.29, 0.717) is 17.9 Å². The minimum atomic E-state index is 0.0167. The van der Waals surface area contributed by atoms with E-state index < -0.39 is 0 Å². The Morgan fingerprint density at radius 3 is 2.93 bits per heavy atom. The molecule has 4 nitrogen and oxygen atoms in total. The van der Waals surface area contributed by atoms with Crippen molar-refractivity contribution in [2.45, 2.75) is 13.8 Å². The van der Waals surface area contributed by atoms with E-state index in [1.165, 1.54) is 0 Å². The van der Waals surface area contributed by atoms with Crippen LogP contribution in [0.25, 0.3) is 0 Å². The third-order valence-electron chi connectivity index (χ3n) is 2.57. The molecule has 0 amide bonds. The highest BCUT2D eigenvalue weighted by atomic mass is 16.1. The minimum Gasteiger partial charge on any atom is -0.372 e. The summed E-state index contributed by atoms with van der Waals surface area (Å²) in [4.78, 5) is 16.2. The van der Waals surface area contributed by atoms with Crippen LogP contribution in [0.2, 0.25) is 0 Å². The van der Waals surface area contributed by atoms with Gasteiger partial charge in [0.15, 0.2) is 0 Å². The van der Waals surface area contributed by atoms with E-state index in [9.17, 15) is 4.79 Å². The molecule has 1 aliphatic rings. The van der Waals surface area contributed by atoms with Crippen molar-refractivity contribution in [2.24, 2.45) is 0 Å². The zero-order valence-electron chi connectivity index (χ0n) is 8.79. The molecule has 1 aliphatic heterocycles. The monoisotopic (exact) mass is 203 g/mol. The predicted octanol–water partition coefficient (Wildman–Crippen LogP) is 0.873. The zero-order chi connectivity index (χ0) is 10.8. The average Bonchev–Trinajstić information content (AvgIpc) is 2.74. The van der Waals surface area contributed by atoms with Crippen LogP contribution >= 0.6 is 0 Å². The molecule has 78 valence electrons. The van der Waals surface area contributed by atoms with Gasteiger partial charge in [-0.05, 0) is 25.5 Å². The smallest absolute Gasteiger partial charge is 0.210 e. The van der Waals surface area contributed by atoms with Crippen LogP contribution in [-0.2, 0) is 0 Å². The molecule has 0 radical (unpaired) electrons. The van der Waals surface area contributed by atoms with Gasteiger partial charge in [0, 0.05) is 23.7 Å². The van der Waals surface area contributed by atoms with Crippen molar-refractivity contribution in [3.8, 4) is 0 Å². The van der Waals surface area contributed by atoms with Crippen molar-refractivity contribution in [1.29, 1.82) is 0 Å². The summed E-state index contributed by atoms with van der Waals surface area (Å²) in [6.45, 7) is 4.43. The van der Waals surface area contributed by atoms with Crippen LogP contribution in [0.5, 0.6) is 0 Å². The number of nitrogens with one attached hydrogen (secondary N) is 2. The molecular weight excluding hydrogens is 190 g/mol. The number of carbonyl (C=O) groups is 1. The number of nitrogens with zero attached hydrogens (tertiary/aromatic N) is 1. The molecule has 1 aromatic rings. The van der Waals surface area contributed by atoms with E-state index in [0.717, 1.165) is 11.3 Å². The van der Waals surface area contributed by atoms with Gasteiger partial charge in [0.25, 0.3) is 0 Å². The van der Waals surface area contributed by atoms with Crippen molar-refractivity contribution in [2.75, 3.05) is 6.67 Å². The second-order valence-electron chi connectivity index (χ2n) is 3.51. The van der Waals surface area contributed by atoms with Gasteiger partial charge in [-0.2, -0.15) is 0 Å². The van der Waals surface area contributed by atoms with Crippen molar-refractivity contribution in [1.82, 2.24) is 15.6 Å². The fraction of sp³-hybridized carbons (Fsp3) is 0.273. The van der Waals surface area contributed by atoms with Crippen LogP contribution < -0.4 is 10.6 Å². The number of rotatable bonds is 2. The van der Waals surface area contributed by atoms with Gasteiger partial charge in [-0.25, -0.2) is 0 Å². The number of carbonyl (C=O) groups excluding carboxylic acids is 1. The third kappa shape index (κ3) is 1.70. The van der Waals surface area contributed by atoms with Gasteiger partial charge in [-0.1, -0.05) is 0 Å². The Morgan fingerprint density at radius 2 is 2.27 bits per heavy atom. The fourth-order valence-electron chi connectivity index (χ4n) is 1.53. The number of aromatic nitrogens is 1. The van der Waals surface area contributed by atoms with Crippen molar-refractivity contribution < 1.29 is 4.79 Å². The van der Waals surface area contributed by atoms with Gasteiger partial charge in [-0.3, -0.25) is 9.78 Å². The summed E-state index contributed by atoms with van der Waals surface area (Å²) >= 11 is 0. The highest BCUT2D eigenvalue weighted by Gasteiger charge is 2.17. The molecule has 0 saturated carbocycles. The Bertz CT molecular complexity index is 437. The van der Waals surface area contributed by atoms with Crippen molar-refractivity contribution >= 4 is 5.78 Å². The first-order chi connectivity index (χ1) is 7.20. The van der Waals surface area contributed by atoms with E-state index >= 15 is 0 Å². The molecule has 0 aromatic carbocycles. The van der Waals surface area contributed by atoms with Crippen LogP contribution in [-0.4, -0.2) is 17.4 Å². The number of Topliss-reactive ketones (excluding diaryl/α,β-unsaturated/α-hetero) is 1. The third-order valence-corrected chi connectivity index (χ3v) is 2.57. The second kappa shape index (κ2) is 3.73. The maximum Gasteiger partial charge on any atom is 0.210 e. The first-order valence-electron chi connectivity index (χ1n) is 4.84. The lowest BCUT2D eigenvalue weighted by Gasteiger charge is -2.07. The number of allylic oxidation sites excluding steroid dienone is 1. The Balaban J connectivity index is 2.37. The summed E-state index contributed by atoms with van der Waals surface area (Å²) in [6, 6.07) is 1.76. The number of hydrogen-bond donors (Lipinski definition) is 2. The molecule has 0 spiro atoms. The Labute approximate surface area is 88.4 Å². The van der Waals surface area contributed by atoms with Gasteiger partial charge >= 0.3 is 0 Å². The molecule has 2 N–H and O–H groups in total. The number of aryl methyl sites for hydroxylation is 1. The second-order valence-corrected chi connectivity index (χ2v) is 3.51. The molecule has 2 rings (SSSR count). The van der Waals surface area contributed by atoms with Crippen LogP contribution in [0, 0.1) is 13.8 Å². The average molecular weight is 203 g/mol. The standard InChI is InChI=1S/C11H13N3O/c1-7-8(2)13-4-3-9(7)11(15)10-5-12-6-14-10/h3-5,12,14H,6H2,1-2H3. The summed E-state index contributed by atoms with van der Waals surface area (Å²) in [7, 11) is 0. The molecule has 0 saturated heterocycles. The Morgan fingerprint density at radius 1 is 1.47 bits per heavy atom. The highest BCUT2D eigenvalue weighted by Crippen LogP contribution is 2.14. The van der Waals surface area contributed by atoms with Crippen LogP contribution in [0.1, 0.15) is 21.6 Å². The molecule has 0 bridgehead atoms. The van der Waals surface area contributed by atoms with E-state index in [2.05, 4.69) is 15.6 Å². The first kappa shape index (κ1) is 9.71. The lowest BCUT2D eigenvalue weighted by Crippen LogP contribution is -2.19. The van der Waals surface area contributed by atoms with Gasteiger partial charge < -0.3 is 10.6 Å². The molecule has 0 aliphatic carbocycles. The van der Waals surface area contributed by atoms with Gasteiger partial charge in [-0.15, -0.1) is 0 Å². The van der Waals surface area contributed by atoms with Gasteiger partial charge in [0.2, 0.25) is 5.78 Å². The summed E-state index contributed by atoms with van der Waals surface area (Å²) < 4.78 is 0. The van der Waals surface area contributed by atoms with E-state index in [-0.39, 0.29) is 5.78 Å². The summed E-state index contributed by atoms with van der Waals surface area (Å²) in [5.74, 6) is 0.0167. The summed E-state index contributed by atoms with van der Waals surface area (Å²) in [5, 5.41) is 5.93. The topological polar surface area (TPSA) is 54.0 Å². The molecule has 1 aromatic heterocycles. The summed E-state index contributed by atoms with van der Waals surface area (Å²) in [6.07, 6.45) is 3.37. The largest absolute Gasteiger partial charge is 0.372 e. The van der Waals surface area contributed by atoms with Crippen LogP contribution in [0.15, 0.2) is 24.2 Å². The molecule has 2 heterocycles. The van der Waals surface area contributed by atoms with Crippen LogP contribution in [0.4, 0.5) is 0 Å². The normalized spacial score (nSPS) is 14.1. The van der Waals surface area contributed by atoms with E-state index in [1.54, 1.807) is 18.5 Å². The Kier molecular flexibility index (Phi) is 2.41. The maximum absolute atomic E-state index is 12.0. The van der Waals surface area contributed by atoms with Crippen molar-refractivity contribution in [3.63, 3.8) is 0 Å². The number of pyridine rings is 1. The minimum absolute atomic E-state index is 0.0167. The molecule has 0 atom stereocenters. The molecule has 0 fully saturated rings. The highest BCUT2D eigenvalue weighted by molar-refractivity contribution is 6.09. The Hall–Kier alpha value is -1.84. The number of hydrogen-bond acceptors (Lipinski definition) is 4. The van der Waals surface area contributed by atoms with E-state index in [4.69, 9.17) is 0 Å². The van der Waals surface area contributed by atoms with E-state index in [1.807, 2.05) is 13.8 Å². The first-order valence-corrected chi connectivity index (χ1v) is 4.84. The van der Waals surface area contributed by atoms with Gasteiger partial charge in [0.1, 0.15) is 5.70 Å². The quantitative estimate of drug-likeness (QED) is 0.700. The number of ketones is 1. The lowest BCUT2D eigenvalue weighted by atomic mass is 10.0. The molecule has 15 heavy (non-hydrogen) atoms. The lowest BCUT2D eigenvalue weighted by molar-refractivity contribution is 0.102. The maximum atomic E-state index is 12.0. The molecular formula is C11H13N3O. The van der Waals surface area contributed by atoms with Crippen molar-refractivity contribution in [3.05, 3.63) is 41.0 Å². The molecule has 0 unspecified atom stereocenters. The predicted molar refractivity (Wildman–Crippen MR) is 57.3 cm³/mol. The van der Waals surface area contributed by atoms with Crippen LogP contribution in [0.3, 0.4) is 0 Å². The fourth-order valence-corrected chi connectivity index (χ4v) is 1.53. The van der Waals surface area contributed by atoms with Gasteiger partial charge in [0.05, 0.1) is 6.67 Å². The summed E-state index contributed by atoms with van der Waals surface area (Å²) in [5.41, 5.74) is 3.16. The SMILES string of the molecule is Cc1nccc(C(=O)C2=CNCN2)c1C. The zero-order valence-corrected chi connectivity index (χ0v) is 8.79.